The van der Waals surface area contributed by atoms with Crippen LogP contribution in [0.2, 0.25) is 10.0 Å². The van der Waals surface area contributed by atoms with Crippen LogP contribution in [0.25, 0.3) is 11.4 Å². The Labute approximate surface area is 159 Å². The molecule has 0 aliphatic rings. The molecule has 8 heteroatoms. The number of thioether (sulfide) groups is 1. The topological polar surface area (TPSA) is 60.0 Å². The second-order valence-corrected chi connectivity index (χ2v) is 6.90. The van der Waals surface area contributed by atoms with Gasteiger partial charge in [0.05, 0.1) is 19.3 Å². The molecule has 0 unspecified atom stereocenters. The lowest BCUT2D eigenvalue weighted by Crippen LogP contribution is -2.00. The molecule has 5 nitrogen and oxygen atoms in total. The Morgan fingerprint density at radius 1 is 1.08 bits per heavy atom. The lowest BCUT2D eigenvalue weighted by molar-refractivity contribution is 0.344. The molecule has 1 heterocycles. The number of rotatable bonds is 7. The highest BCUT2D eigenvalue weighted by Crippen LogP contribution is 2.31. The number of aromatic nitrogens is 3. The molecule has 1 N–H and O–H groups in total. The van der Waals surface area contributed by atoms with E-state index in [0.29, 0.717) is 39.1 Å². The smallest absolute Gasteiger partial charge is 0.208 e. The Morgan fingerprint density at radius 3 is 2.60 bits per heavy atom. The van der Waals surface area contributed by atoms with Gasteiger partial charge in [-0.2, -0.15) is 0 Å². The summed E-state index contributed by atoms with van der Waals surface area (Å²) >= 11 is 13.4. The number of benzene rings is 2. The van der Waals surface area contributed by atoms with Gasteiger partial charge in [0.2, 0.25) is 5.16 Å². The number of hydrogen-bond donors (Lipinski definition) is 1. The molecule has 3 aromatic rings. The molecule has 1 aromatic heterocycles. The van der Waals surface area contributed by atoms with Crippen LogP contribution in [0.4, 0.5) is 0 Å². The molecular weight excluding hydrogens is 381 g/mol. The number of nitrogens with zero attached hydrogens (tertiary/aromatic N) is 2. The Kier molecular flexibility index (Phi) is 6.07. The van der Waals surface area contributed by atoms with Crippen molar-refractivity contribution in [2.24, 2.45) is 0 Å². The Bertz CT molecular complexity index is 840. The van der Waals surface area contributed by atoms with Crippen molar-refractivity contribution in [1.82, 2.24) is 15.2 Å². The largest absolute Gasteiger partial charge is 0.496 e. The highest BCUT2D eigenvalue weighted by atomic mass is 35.5. The SMILES string of the molecule is COc1ccc(Cl)cc1-c1nc(SCCOc2ccc(Cl)cc2)n[nH]1. The standard InChI is InChI=1S/C17H15Cl2N3O2S/c1-23-15-7-4-12(19)10-14(15)16-20-17(22-21-16)25-9-8-24-13-5-2-11(18)3-6-13/h2-7,10H,8-9H2,1H3,(H,20,21,22). The van der Waals surface area contributed by atoms with Crippen molar-refractivity contribution in [3.63, 3.8) is 0 Å². The highest BCUT2D eigenvalue weighted by Gasteiger charge is 2.12. The van der Waals surface area contributed by atoms with Crippen molar-refractivity contribution in [3.05, 3.63) is 52.5 Å². The van der Waals surface area contributed by atoms with Crippen LogP contribution < -0.4 is 9.47 Å². The summed E-state index contributed by atoms with van der Waals surface area (Å²) in [6.07, 6.45) is 0. The molecule has 0 bridgehead atoms. The molecule has 130 valence electrons. The molecule has 0 saturated carbocycles. The Hall–Kier alpha value is -1.89. The minimum absolute atomic E-state index is 0.538. The van der Waals surface area contributed by atoms with Crippen LogP contribution in [0, 0.1) is 0 Å². The van der Waals surface area contributed by atoms with Gasteiger partial charge in [-0.3, -0.25) is 5.10 Å². The predicted octanol–water partition coefficient (Wildman–Crippen LogP) is 4.96. The first-order valence-electron chi connectivity index (χ1n) is 7.43. The lowest BCUT2D eigenvalue weighted by Gasteiger charge is -2.05. The molecule has 25 heavy (non-hydrogen) atoms. The lowest BCUT2D eigenvalue weighted by atomic mass is 10.2. The molecule has 3 rings (SSSR count). The van der Waals surface area contributed by atoms with E-state index in [0.717, 1.165) is 11.3 Å². The van der Waals surface area contributed by atoms with Crippen LogP contribution in [-0.2, 0) is 0 Å². The third-order valence-electron chi connectivity index (χ3n) is 3.28. The van der Waals surface area contributed by atoms with Crippen LogP contribution in [-0.4, -0.2) is 34.7 Å². The third kappa shape index (κ3) is 4.81. The molecule has 0 aliphatic heterocycles. The summed E-state index contributed by atoms with van der Waals surface area (Å²) < 4.78 is 11.0. The van der Waals surface area contributed by atoms with Crippen molar-refractivity contribution in [2.45, 2.75) is 5.16 Å². The zero-order chi connectivity index (χ0) is 17.6. The van der Waals surface area contributed by atoms with Crippen LogP contribution >= 0.6 is 35.0 Å². The van der Waals surface area contributed by atoms with Gasteiger partial charge in [0.15, 0.2) is 5.82 Å². The van der Waals surface area contributed by atoms with E-state index in [9.17, 15) is 0 Å². The summed E-state index contributed by atoms with van der Waals surface area (Å²) in [5.74, 6) is 2.79. The maximum Gasteiger partial charge on any atom is 0.208 e. The number of ether oxygens (including phenoxy) is 2. The summed E-state index contributed by atoms with van der Waals surface area (Å²) in [5.41, 5.74) is 0.770. The Balaban J connectivity index is 1.57. The molecule has 0 amide bonds. The number of hydrogen-bond acceptors (Lipinski definition) is 5. The van der Waals surface area contributed by atoms with E-state index in [2.05, 4.69) is 15.2 Å². The second kappa shape index (κ2) is 8.47. The summed E-state index contributed by atoms with van der Waals surface area (Å²) in [6.45, 7) is 0.538. The monoisotopic (exact) mass is 395 g/mol. The van der Waals surface area contributed by atoms with Gasteiger partial charge < -0.3 is 9.47 Å². The second-order valence-electron chi connectivity index (χ2n) is 4.96. The van der Waals surface area contributed by atoms with E-state index in [1.807, 2.05) is 12.1 Å². The predicted molar refractivity (Wildman–Crippen MR) is 101 cm³/mol. The molecular formula is C17H15Cl2N3O2S. The van der Waals surface area contributed by atoms with Crippen molar-refractivity contribution >= 4 is 35.0 Å². The maximum absolute atomic E-state index is 6.05. The summed E-state index contributed by atoms with van der Waals surface area (Å²) in [7, 11) is 1.60. The molecule has 2 aromatic carbocycles. The van der Waals surface area contributed by atoms with Gasteiger partial charge in [-0.1, -0.05) is 35.0 Å². The zero-order valence-electron chi connectivity index (χ0n) is 13.3. The van der Waals surface area contributed by atoms with E-state index >= 15 is 0 Å². The van der Waals surface area contributed by atoms with E-state index in [-0.39, 0.29) is 0 Å². The van der Waals surface area contributed by atoms with E-state index in [1.54, 1.807) is 37.4 Å². The minimum atomic E-state index is 0.538. The molecule has 0 radical (unpaired) electrons. The number of nitrogens with one attached hydrogen (secondary N) is 1. The van der Waals surface area contributed by atoms with E-state index in [4.69, 9.17) is 32.7 Å². The molecule has 0 fully saturated rings. The molecule has 0 aliphatic carbocycles. The van der Waals surface area contributed by atoms with Crippen molar-refractivity contribution < 1.29 is 9.47 Å². The first kappa shape index (κ1) is 17.9. The van der Waals surface area contributed by atoms with Gasteiger partial charge in [-0.15, -0.1) is 5.10 Å². The third-order valence-corrected chi connectivity index (χ3v) is 4.58. The molecule has 0 atom stereocenters. The normalized spacial score (nSPS) is 10.7. The summed E-state index contributed by atoms with van der Waals surface area (Å²) in [6, 6.07) is 12.6. The number of H-pyrrole nitrogens is 1. The highest BCUT2D eigenvalue weighted by molar-refractivity contribution is 7.99. The van der Waals surface area contributed by atoms with Gasteiger partial charge in [0, 0.05) is 15.8 Å². The van der Waals surface area contributed by atoms with Gasteiger partial charge in [-0.25, -0.2) is 4.98 Å². The van der Waals surface area contributed by atoms with Crippen molar-refractivity contribution in [3.8, 4) is 22.9 Å². The van der Waals surface area contributed by atoms with Gasteiger partial charge in [0.25, 0.3) is 0 Å². The fourth-order valence-corrected chi connectivity index (χ4v) is 3.03. The summed E-state index contributed by atoms with van der Waals surface area (Å²) in [4.78, 5) is 4.47. The average molecular weight is 396 g/mol. The van der Waals surface area contributed by atoms with Gasteiger partial charge >= 0.3 is 0 Å². The van der Waals surface area contributed by atoms with Crippen LogP contribution in [0.1, 0.15) is 0 Å². The molecule has 0 saturated heterocycles. The van der Waals surface area contributed by atoms with Crippen LogP contribution in [0.15, 0.2) is 47.6 Å². The quantitative estimate of drug-likeness (QED) is 0.452. The minimum Gasteiger partial charge on any atom is -0.496 e. The number of halogens is 2. The fraction of sp³-hybridized carbons (Fsp3) is 0.176. The van der Waals surface area contributed by atoms with E-state index in [1.165, 1.54) is 11.8 Å². The van der Waals surface area contributed by atoms with Gasteiger partial charge in [0.1, 0.15) is 11.5 Å². The van der Waals surface area contributed by atoms with Crippen molar-refractivity contribution in [1.29, 1.82) is 0 Å². The maximum atomic E-state index is 6.05. The van der Waals surface area contributed by atoms with Crippen LogP contribution in [0.5, 0.6) is 11.5 Å². The van der Waals surface area contributed by atoms with Crippen molar-refractivity contribution in [2.75, 3.05) is 19.5 Å². The van der Waals surface area contributed by atoms with E-state index < -0.39 is 0 Å². The Morgan fingerprint density at radius 2 is 1.84 bits per heavy atom. The number of aromatic amines is 1. The zero-order valence-corrected chi connectivity index (χ0v) is 15.7. The fourth-order valence-electron chi connectivity index (χ4n) is 2.12. The van der Waals surface area contributed by atoms with Crippen LogP contribution in [0.3, 0.4) is 0 Å². The first-order chi connectivity index (χ1) is 12.2. The van der Waals surface area contributed by atoms with Gasteiger partial charge in [-0.05, 0) is 42.5 Å². The first-order valence-corrected chi connectivity index (χ1v) is 9.17. The molecule has 0 spiro atoms. The average Bonchev–Trinajstić information content (AvgIpc) is 3.09. The summed E-state index contributed by atoms with van der Waals surface area (Å²) in [5, 5.41) is 9.05. The number of methoxy groups -OCH3 is 1.